The summed E-state index contributed by atoms with van der Waals surface area (Å²) in [6.45, 7) is 3.45. The zero-order valence-electron chi connectivity index (χ0n) is 12.0. The summed E-state index contributed by atoms with van der Waals surface area (Å²) in [7, 11) is 0. The Hall–Kier alpha value is -2.59. The number of nitrogens with two attached hydrogens (primary N) is 2. The van der Waals surface area contributed by atoms with Crippen molar-refractivity contribution < 1.29 is 9.59 Å². The second kappa shape index (κ2) is 6.45. The lowest BCUT2D eigenvalue weighted by Crippen LogP contribution is -2.41. The fraction of sp³-hybridized carbons (Fsp3) is 0.250. The minimum Gasteiger partial charge on any atom is -0.364 e. The van der Waals surface area contributed by atoms with Gasteiger partial charge in [0.2, 0.25) is 0 Å². The number of hydrogen-bond acceptors (Lipinski definition) is 9. The van der Waals surface area contributed by atoms with Gasteiger partial charge < -0.3 is 15.8 Å². The standard InChI is InChI=1S/C12H15N7O2S/c1-6-3-9(22-18-6)17-12-10(11(13)21)15-4-8(16-12)19(14)7(2)5-20/h3-5,7H,14H2,1-2H3,(H2,13,21)(H,16,17). The van der Waals surface area contributed by atoms with E-state index >= 15 is 0 Å². The van der Waals surface area contributed by atoms with Crippen LogP contribution in [0.1, 0.15) is 23.1 Å². The van der Waals surface area contributed by atoms with E-state index in [1.165, 1.54) is 17.7 Å². The molecule has 0 bridgehead atoms. The van der Waals surface area contributed by atoms with Gasteiger partial charge in [-0.25, -0.2) is 15.8 Å². The number of primary amides is 1. The summed E-state index contributed by atoms with van der Waals surface area (Å²) in [5, 5.41) is 4.76. The van der Waals surface area contributed by atoms with Crippen molar-refractivity contribution in [1.29, 1.82) is 0 Å². The molecule has 0 aliphatic rings. The van der Waals surface area contributed by atoms with E-state index in [4.69, 9.17) is 11.6 Å². The summed E-state index contributed by atoms with van der Waals surface area (Å²) in [4.78, 5) is 30.4. The van der Waals surface area contributed by atoms with E-state index in [1.807, 2.05) is 6.92 Å². The number of aldehydes is 1. The van der Waals surface area contributed by atoms with Gasteiger partial charge in [-0.15, -0.1) is 0 Å². The molecule has 1 unspecified atom stereocenters. The number of aryl methyl sites for hydroxylation is 1. The van der Waals surface area contributed by atoms with Crippen molar-refractivity contribution in [2.24, 2.45) is 11.6 Å². The molecule has 0 aliphatic heterocycles. The molecule has 116 valence electrons. The lowest BCUT2D eigenvalue weighted by Gasteiger charge is -2.21. The maximum absolute atomic E-state index is 11.5. The number of nitrogens with zero attached hydrogens (tertiary/aromatic N) is 4. The maximum Gasteiger partial charge on any atom is 0.271 e. The minimum absolute atomic E-state index is 0.0260. The number of nitrogens with one attached hydrogen (secondary N) is 1. The monoisotopic (exact) mass is 321 g/mol. The Kier molecular flexibility index (Phi) is 4.63. The van der Waals surface area contributed by atoms with Crippen LogP contribution < -0.4 is 21.9 Å². The van der Waals surface area contributed by atoms with Crippen molar-refractivity contribution in [2.75, 3.05) is 10.3 Å². The SMILES string of the molecule is Cc1cc(Nc2nc(N(N)C(C)C=O)cnc2C(N)=O)sn1. The van der Waals surface area contributed by atoms with Crippen LogP contribution in [-0.2, 0) is 4.79 Å². The predicted octanol–water partition coefficient (Wildman–Crippen LogP) is 0.352. The number of anilines is 3. The predicted molar refractivity (Wildman–Crippen MR) is 82.9 cm³/mol. The van der Waals surface area contributed by atoms with Crippen molar-refractivity contribution in [1.82, 2.24) is 14.3 Å². The first-order valence-electron chi connectivity index (χ1n) is 6.28. The molecule has 2 heterocycles. The van der Waals surface area contributed by atoms with Crippen molar-refractivity contribution in [3.05, 3.63) is 23.7 Å². The summed E-state index contributed by atoms with van der Waals surface area (Å²) in [6.07, 6.45) is 1.95. The molecule has 0 saturated heterocycles. The van der Waals surface area contributed by atoms with Crippen LogP contribution in [0.15, 0.2) is 12.3 Å². The molecule has 22 heavy (non-hydrogen) atoms. The molecule has 9 nitrogen and oxygen atoms in total. The molecule has 5 N–H and O–H groups in total. The summed E-state index contributed by atoms with van der Waals surface area (Å²) in [5.74, 6) is 5.45. The quantitative estimate of drug-likeness (QED) is 0.393. The Balaban J connectivity index is 2.39. The topological polar surface area (TPSA) is 140 Å². The van der Waals surface area contributed by atoms with E-state index in [0.717, 1.165) is 10.7 Å². The molecule has 0 spiro atoms. The summed E-state index contributed by atoms with van der Waals surface area (Å²) in [6, 6.07) is 1.20. The van der Waals surface area contributed by atoms with Gasteiger partial charge in [0.15, 0.2) is 17.3 Å². The molecule has 0 saturated carbocycles. The Labute approximate surface area is 130 Å². The van der Waals surface area contributed by atoms with Crippen LogP contribution in [0.4, 0.5) is 16.6 Å². The molecule has 2 rings (SSSR count). The van der Waals surface area contributed by atoms with Gasteiger partial charge >= 0.3 is 0 Å². The van der Waals surface area contributed by atoms with E-state index in [1.54, 1.807) is 13.0 Å². The number of rotatable bonds is 6. The van der Waals surface area contributed by atoms with Gasteiger partial charge in [0.1, 0.15) is 11.3 Å². The summed E-state index contributed by atoms with van der Waals surface area (Å²) in [5.41, 5.74) is 6.09. The van der Waals surface area contributed by atoms with E-state index in [0.29, 0.717) is 11.3 Å². The molecule has 0 aliphatic carbocycles. The van der Waals surface area contributed by atoms with Gasteiger partial charge in [-0.1, -0.05) is 0 Å². The van der Waals surface area contributed by atoms with Crippen molar-refractivity contribution in [2.45, 2.75) is 19.9 Å². The van der Waals surface area contributed by atoms with Crippen molar-refractivity contribution >= 4 is 40.4 Å². The van der Waals surface area contributed by atoms with Crippen molar-refractivity contribution in [3.8, 4) is 0 Å². The molecular weight excluding hydrogens is 306 g/mol. The van der Waals surface area contributed by atoms with Gasteiger partial charge in [-0.05, 0) is 31.4 Å². The van der Waals surface area contributed by atoms with Gasteiger partial charge in [0.25, 0.3) is 5.91 Å². The molecule has 0 radical (unpaired) electrons. The molecule has 0 aromatic carbocycles. The van der Waals surface area contributed by atoms with E-state index in [2.05, 4.69) is 19.7 Å². The lowest BCUT2D eigenvalue weighted by atomic mass is 10.3. The highest BCUT2D eigenvalue weighted by Crippen LogP contribution is 2.23. The Bertz CT molecular complexity index is 703. The van der Waals surface area contributed by atoms with Crippen LogP contribution in [-0.4, -0.2) is 32.6 Å². The lowest BCUT2D eigenvalue weighted by molar-refractivity contribution is -0.108. The first kappa shape index (κ1) is 15.8. The first-order valence-corrected chi connectivity index (χ1v) is 7.06. The molecule has 0 fully saturated rings. The number of hydrogen-bond donors (Lipinski definition) is 3. The molecular formula is C12H15N7O2S. The van der Waals surface area contributed by atoms with Crippen molar-refractivity contribution in [3.63, 3.8) is 0 Å². The van der Waals surface area contributed by atoms with Crippen LogP contribution in [0.2, 0.25) is 0 Å². The fourth-order valence-electron chi connectivity index (χ4n) is 1.59. The Morgan fingerprint density at radius 1 is 1.55 bits per heavy atom. The van der Waals surface area contributed by atoms with Gasteiger partial charge in [-0.2, -0.15) is 4.37 Å². The first-order chi connectivity index (χ1) is 10.4. The summed E-state index contributed by atoms with van der Waals surface area (Å²) >= 11 is 1.21. The third-order valence-electron chi connectivity index (χ3n) is 2.76. The maximum atomic E-state index is 11.5. The van der Waals surface area contributed by atoms with Crippen LogP contribution in [0, 0.1) is 6.92 Å². The van der Waals surface area contributed by atoms with Crippen LogP contribution in [0.5, 0.6) is 0 Å². The van der Waals surface area contributed by atoms with Gasteiger partial charge in [0, 0.05) is 0 Å². The Morgan fingerprint density at radius 2 is 2.27 bits per heavy atom. The zero-order valence-corrected chi connectivity index (χ0v) is 12.8. The van der Waals surface area contributed by atoms with Gasteiger partial charge in [-0.3, -0.25) is 9.80 Å². The second-order valence-electron chi connectivity index (χ2n) is 4.53. The highest BCUT2D eigenvalue weighted by Gasteiger charge is 2.18. The molecule has 1 atom stereocenters. The number of amides is 1. The number of carbonyl (C=O) groups is 2. The number of carbonyl (C=O) groups excluding carboxylic acids is 2. The van der Waals surface area contributed by atoms with Crippen LogP contribution in [0.25, 0.3) is 0 Å². The second-order valence-corrected chi connectivity index (χ2v) is 5.34. The molecule has 10 heteroatoms. The highest BCUT2D eigenvalue weighted by molar-refractivity contribution is 7.10. The average Bonchev–Trinajstić information content (AvgIpc) is 2.90. The minimum atomic E-state index is -0.727. The molecule has 2 aromatic heterocycles. The Morgan fingerprint density at radius 3 is 2.82 bits per heavy atom. The van der Waals surface area contributed by atoms with Gasteiger partial charge in [0.05, 0.1) is 17.9 Å². The van der Waals surface area contributed by atoms with Crippen LogP contribution in [0.3, 0.4) is 0 Å². The molecule has 1 amide bonds. The van der Waals surface area contributed by atoms with E-state index < -0.39 is 11.9 Å². The number of hydrazine groups is 1. The fourth-order valence-corrected chi connectivity index (χ4v) is 2.25. The smallest absolute Gasteiger partial charge is 0.271 e. The largest absolute Gasteiger partial charge is 0.364 e. The van der Waals surface area contributed by atoms with Crippen LogP contribution >= 0.6 is 11.5 Å². The van der Waals surface area contributed by atoms with E-state index in [9.17, 15) is 9.59 Å². The van der Waals surface area contributed by atoms with E-state index in [-0.39, 0.29) is 17.3 Å². The normalized spacial score (nSPS) is 11.8. The zero-order chi connectivity index (χ0) is 16.3. The molecule has 2 aromatic rings. The third-order valence-corrected chi connectivity index (χ3v) is 3.56. The highest BCUT2D eigenvalue weighted by atomic mass is 32.1. The average molecular weight is 321 g/mol. The third kappa shape index (κ3) is 3.35. The number of aromatic nitrogens is 3. The summed E-state index contributed by atoms with van der Waals surface area (Å²) < 4.78 is 4.12.